The Morgan fingerprint density at radius 1 is 1.18 bits per heavy atom. The van der Waals surface area contributed by atoms with Crippen molar-refractivity contribution >= 4 is 0 Å². The molecule has 0 rings (SSSR count). The molecule has 0 saturated heterocycles. The molecule has 64 valence electrons. The van der Waals surface area contributed by atoms with Gasteiger partial charge in [-0.25, -0.2) is 0 Å². The van der Waals surface area contributed by atoms with Crippen molar-refractivity contribution in [3.63, 3.8) is 0 Å². The Bertz CT molecular complexity index is 145. The van der Waals surface area contributed by atoms with E-state index >= 15 is 0 Å². The molecule has 0 atom stereocenters. The highest BCUT2D eigenvalue weighted by atomic mass is 13.9. The standard InChI is InChI=1S/C11H20/c1-5-6-7-8-9-11(4)10(2)3/h8-9H,5-7H2,1-4H3. The van der Waals surface area contributed by atoms with Crippen molar-refractivity contribution in [2.75, 3.05) is 0 Å². The molecule has 0 unspecified atom stereocenters. The molecule has 11 heavy (non-hydrogen) atoms. The quantitative estimate of drug-likeness (QED) is 0.420. The SMILES string of the molecule is CCCCC=CC(C)=C(C)C. The maximum atomic E-state index is 2.27. The van der Waals surface area contributed by atoms with Crippen molar-refractivity contribution in [1.82, 2.24) is 0 Å². The second-order valence-electron chi connectivity index (χ2n) is 3.23. The Balaban J connectivity index is 3.66. The average molecular weight is 152 g/mol. The van der Waals surface area contributed by atoms with E-state index in [1.807, 2.05) is 0 Å². The van der Waals surface area contributed by atoms with E-state index in [0.29, 0.717) is 0 Å². The van der Waals surface area contributed by atoms with Crippen LogP contribution in [0.5, 0.6) is 0 Å². The zero-order valence-corrected chi connectivity index (χ0v) is 8.28. The van der Waals surface area contributed by atoms with Crippen LogP contribution >= 0.6 is 0 Å². The van der Waals surface area contributed by atoms with Crippen LogP contribution in [0.4, 0.5) is 0 Å². The van der Waals surface area contributed by atoms with Gasteiger partial charge >= 0.3 is 0 Å². The maximum Gasteiger partial charge on any atom is -0.0348 e. The van der Waals surface area contributed by atoms with Gasteiger partial charge in [0.15, 0.2) is 0 Å². The van der Waals surface area contributed by atoms with Gasteiger partial charge in [-0.1, -0.05) is 43.1 Å². The van der Waals surface area contributed by atoms with Crippen molar-refractivity contribution < 1.29 is 0 Å². The highest BCUT2D eigenvalue weighted by molar-refractivity contribution is 5.20. The Morgan fingerprint density at radius 2 is 1.82 bits per heavy atom. The van der Waals surface area contributed by atoms with E-state index < -0.39 is 0 Å². The number of hydrogen-bond donors (Lipinski definition) is 0. The summed E-state index contributed by atoms with van der Waals surface area (Å²) in [6.45, 7) is 8.69. The average Bonchev–Trinajstić information content (AvgIpc) is 1.97. The van der Waals surface area contributed by atoms with Gasteiger partial charge in [0.25, 0.3) is 0 Å². The molecule has 0 fully saturated rings. The van der Waals surface area contributed by atoms with Crippen LogP contribution in [-0.4, -0.2) is 0 Å². The molecule has 0 nitrogen and oxygen atoms in total. The van der Waals surface area contributed by atoms with Crippen LogP contribution in [0.2, 0.25) is 0 Å². The molecule has 0 spiro atoms. The van der Waals surface area contributed by atoms with Gasteiger partial charge in [0, 0.05) is 0 Å². The van der Waals surface area contributed by atoms with Gasteiger partial charge in [0.2, 0.25) is 0 Å². The number of unbranched alkanes of at least 4 members (excludes halogenated alkanes) is 2. The minimum atomic E-state index is 1.22. The van der Waals surface area contributed by atoms with Crippen LogP contribution in [-0.2, 0) is 0 Å². The lowest BCUT2D eigenvalue weighted by Gasteiger charge is -1.94. The Hall–Kier alpha value is -0.520. The van der Waals surface area contributed by atoms with Crippen LogP contribution in [0.1, 0.15) is 47.0 Å². The molecule has 0 heterocycles. The highest BCUT2D eigenvalue weighted by Crippen LogP contribution is 2.04. The number of allylic oxidation sites excluding steroid dienone is 4. The molecule has 0 bridgehead atoms. The van der Waals surface area contributed by atoms with Gasteiger partial charge in [-0.2, -0.15) is 0 Å². The summed E-state index contributed by atoms with van der Waals surface area (Å²) in [5.41, 5.74) is 2.82. The summed E-state index contributed by atoms with van der Waals surface area (Å²) in [7, 11) is 0. The minimum Gasteiger partial charge on any atom is -0.0843 e. The van der Waals surface area contributed by atoms with Gasteiger partial charge in [-0.15, -0.1) is 0 Å². The second-order valence-corrected chi connectivity index (χ2v) is 3.23. The minimum absolute atomic E-state index is 1.22. The van der Waals surface area contributed by atoms with E-state index in [4.69, 9.17) is 0 Å². The van der Waals surface area contributed by atoms with E-state index in [1.54, 1.807) is 0 Å². The largest absolute Gasteiger partial charge is 0.0843 e. The van der Waals surface area contributed by atoms with Crippen LogP contribution in [0.3, 0.4) is 0 Å². The van der Waals surface area contributed by atoms with E-state index in [-0.39, 0.29) is 0 Å². The third-order valence-corrected chi connectivity index (χ3v) is 1.88. The lowest BCUT2D eigenvalue weighted by molar-refractivity contribution is 0.814. The first-order valence-electron chi connectivity index (χ1n) is 4.49. The van der Waals surface area contributed by atoms with Crippen molar-refractivity contribution in [2.24, 2.45) is 0 Å². The maximum absolute atomic E-state index is 2.27. The molecule has 0 aliphatic carbocycles. The molecule has 0 amide bonds. The molecule has 0 aromatic carbocycles. The third kappa shape index (κ3) is 5.90. The lowest BCUT2D eigenvalue weighted by Crippen LogP contribution is -1.73. The van der Waals surface area contributed by atoms with E-state index in [9.17, 15) is 0 Å². The first-order chi connectivity index (χ1) is 5.18. The molecular formula is C11H20. The van der Waals surface area contributed by atoms with Gasteiger partial charge in [0.1, 0.15) is 0 Å². The van der Waals surface area contributed by atoms with Gasteiger partial charge in [0.05, 0.1) is 0 Å². The smallest absolute Gasteiger partial charge is 0.0348 e. The summed E-state index contributed by atoms with van der Waals surface area (Å²) in [5.74, 6) is 0. The summed E-state index contributed by atoms with van der Waals surface area (Å²) in [6.07, 6.45) is 8.32. The number of rotatable bonds is 4. The van der Waals surface area contributed by atoms with Crippen LogP contribution in [0.15, 0.2) is 23.3 Å². The Labute approximate surface area is 71.0 Å². The monoisotopic (exact) mass is 152 g/mol. The van der Waals surface area contributed by atoms with Crippen molar-refractivity contribution in [3.8, 4) is 0 Å². The van der Waals surface area contributed by atoms with Crippen LogP contribution in [0.25, 0.3) is 0 Å². The zero-order chi connectivity index (χ0) is 8.69. The Morgan fingerprint density at radius 3 is 2.27 bits per heavy atom. The van der Waals surface area contributed by atoms with Crippen molar-refractivity contribution in [2.45, 2.75) is 47.0 Å². The summed E-state index contributed by atoms with van der Waals surface area (Å²) in [5, 5.41) is 0. The normalized spacial score (nSPS) is 10.5. The molecule has 0 N–H and O–H groups in total. The van der Waals surface area contributed by atoms with Crippen molar-refractivity contribution in [3.05, 3.63) is 23.3 Å². The van der Waals surface area contributed by atoms with E-state index in [0.717, 1.165) is 0 Å². The molecule has 0 heteroatoms. The summed E-state index contributed by atoms with van der Waals surface area (Å²) < 4.78 is 0. The summed E-state index contributed by atoms with van der Waals surface area (Å²) >= 11 is 0. The van der Waals surface area contributed by atoms with E-state index in [2.05, 4.69) is 39.8 Å². The van der Waals surface area contributed by atoms with E-state index in [1.165, 1.54) is 30.4 Å². The molecule has 0 aliphatic heterocycles. The van der Waals surface area contributed by atoms with Gasteiger partial charge in [-0.3, -0.25) is 0 Å². The van der Waals surface area contributed by atoms with Crippen LogP contribution < -0.4 is 0 Å². The molecule has 0 aliphatic rings. The van der Waals surface area contributed by atoms with Gasteiger partial charge < -0.3 is 0 Å². The zero-order valence-electron chi connectivity index (χ0n) is 8.28. The third-order valence-electron chi connectivity index (χ3n) is 1.88. The fraction of sp³-hybridized carbons (Fsp3) is 0.636. The topological polar surface area (TPSA) is 0 Å². The number of hydrogen-bond acceptors (Lipinski definition) is 0. The van der Waals surface area contributed by atoms with Crippen molar-refractivity contribution in [1.29, 1.82) is 0 Å². The predicted molar refractivity (Wildman–Crippen MR) is 52.7 cm³/mol. The first-order valence-corrected chi connectivity index (χ1v) is 4.49. The molecule has 0 aromatic rings. The highest BCUT2D eigenvalue weighted by Gasteiger charge is 1.84. The fourth-order valence-electron chi connectivity index (χ4n) is 0.749. The molecule has 0 saturated carbocycles. The first kappa shape index (κ1) is 10.5. The predicted octanol–water partition coefficient (Wildman–Crippen LogP) is 4.09. The summed E-state index contributed by atoms with van der Waals surface area (Å²) in [4.78, 5) is 0. The second kappa shape index (κ2) is 6.21. The Kier molecular flexibility index (Phi) is 5.91. The molecular weight excluding hydrogens is 132 g/mol. The lowest BCUT2D eigenvalue weighted by atomic mass is 10.1. The van der Waals surface area contributed by atoms with Crippen LogP contribution in [0, 0.1) is 0 Å². The molecule has 0 aromatic heterocycles. The summed E-state index contributed by atoms with van der Waals surface area (Å²) in [6, 6.07) is 0. The van der Waals surface area contributed by atoms with Gasteiger partial charge in [-0.05, 0) is 27.2 Å². The molecule has 0 radical (unpaired) electrons. The fourth-order valence-corrected chi connectivity index (χ4v) is 0.749.